The molecular weight excluding hydrogens is 562 g/mol. The first kappa shape index (κ1) is 33.6. The van der Waals surface area contributed by atoms with Crippen molar-refractivity contribution in [1.29, 1.82) is 0 Å². The number of sulfonamides is 1. The highest BCUT2D eigenvalue weighted by Crippen LogP contribution is 2.23. The summed E-state index contributed by atoms with van der Waals surface area (Å²) in [6, 6.07) is 23.7. The SMILES string of the molecule is CCOc1ccc(N(CCCC(=O)N(Cc2cccc(C)c2)[C@H](Cc2ccccc2)C(=O)N[C@H](C)CC)S(C)(=O)=O)cc1. The topological polar surface area (TPSA) is 96.0 Å². The molecule has 0 radical (unpaired) electrons. The lowest BCUT2D eigenvalue weighted by Gasteiger charge is -2.33. The third-order valence-electron chi connectivity index (χ3n) is 7.30. The number of benzene rings is 3. The van der Waals surface area contributed by atoms with E-state index in [0.29, 0.717) is 24.5 Å². The summed E-state index contributed by atoms with van der Waals surface area (Å²) < 4.78 is 32.2. The van der Waals surface area contributed by atoms with Gasteiger partial charge in [-0.3, -0.25) is 13.9 Å². The van der Waals surface area contributed by atoms with Crippen molar-refractivity contribution in [2.75, 3.05) is 23.7 Å². The Morgan fingerprint density at radius 2 is 1.60 bits per heavy atom. The van der Waals surface area contributed by atoms with Crippen molar-refractivity contribution in [3.63, 3.8) is 0 Å². The maximum absolute atomic E-state index is 14.0. The van der Waals surface area contributed by atoms with Gasteiger partial charge >= 0.3 is 0 Å². The van der Waals surface area contributed by atoms with Gasteiger partial charge in [0.15, 0.2) is 0 Å². The average molecular weight is 608 g/mol. The Kier molecular flexibility index (Phi) is 12.6. The number of nitrogens with zero attached hydrogens (tertiary/aromatic N) is 2. The number of carbonyl (C=O) groups excluding carboxylic acids is 2. The lowest BCUT2D eigenvalue weighted by atomic mass is 10.0. The van der Waals surface area contributed by atoms with Crippen molar-refractivity contribution >= 4 is 27.5 Å². The molecule has 43 heavy (non-hydrogen) atoms. The monoisotopic (exact) mass is 607 g/mol. The number of rotatable bonds is 16. The van der Waals surface area contributed by atoms with Crippen LogP contribution in [-0.2, 0) is 32.6 Å². The third-order valence-corrected chi connectivity index (χ3v) is 8.49. The first-order valence-electron chi connectivity index (χ1n) is 14.9. The summed E-state index contributed by atoms with van der Waals surface area (Å²) in [5, 5.41) is 3.08. The lowest BCUT2D eigenvalue weighted by Crippen LogP contribution is -2.52. The van der Waals surface area contributed by atoms with E-state index in [0.717, 1.165) is 29.4 Å². The minimum atomic E-state index is -3.60. The lowest BCUT2D eigenvalue weighted by molar-refractivity contribution is -0.141. The summed E-state index contributed by atoms with van der Waals surface area (Å²) in [7, 11) is -3.60. The van der Waals surface area contributed by atoms with Gasteiger partial charge in [-0.05, 0) is 69.0 Å². The molecule has 3 aromatic carbocycles. The molecule has 2 amide bonds. The maximum Gasteiger partial charge on any atom is 0.243 e. The molecule has 0 aliphatic heterocycles. The summed E-state index contributed by atoms with van der Waals surface area (Å²) in [6.07, 6.45) is 2.65. The van der Waals surface area contributed by atoms with Crippen LogP contribution in [-0.4, -0.2) is 56.6 Å². The van der Waals surface area contributed by atoms with Crippen LogP contribution in [0.1, 0.15) is 56.7 Å². The summed E-state index contributed by atoms with van der Waals surface area (Å²) >= 11 is 0. The van der Waals surface area contributed by atoms with Crippen molar-refractivity contribution in [1.82, 2.24) is 10.2 Å². The highest BCUT2D eigenvalue weighted by atomic mass is 32.2. The van der Waals surface area contributed by atoms with Crippen LogP contribution in [0.4, 0.5) is 5.69 Å². The molecule has 9 heteroatoms. The van der Waals surface area contributed by atoms with E-state index in [9.17, 15) is 18.0 Å². The van der Waals surface area contributed by atoms with Gasteiger partial charge in [-0.1, -0.05) is 67.1 Å². The van der Waals surface area contributed by atoms with E-state index < -0.39 is 16.1 Å². The smallest absolute Gasteiger partial charge is 0.243 e. The van der Waals surface area contributed by atoms with E-state index in [1.165, 1.54) is 4.31 Å². The van der Waals surface area contributed by atoms with Crippen LogP contribution in [0.25, 0.3) is 0 Å². The minimum absolute atomic E-state index is 0.0425. The Morgan fingerprint density at radius 1 is 0.930 bits per heavy atom. The van der Waals surface area contributed by atoms with Crippen LogP contribution in [0.15, 0.2) is 78.9 Å². The van der Waals surface area contributed by atoms with Gasteiger partial charge in [0.2, 0.25) is 21.8 Å². The second kappa shape index (κ2) is 16.1. The number of hydrogen-bond acceptors (Lipinski definition) is 5. The molecule has 3 rings (SSSR count). The number of nitrogens with one attached hydrogen (secondary N) is 1. The Morgan fingerprint density at radius 3 is 2.21 bits per heavy atom. The molecule has 0 fully saturated rings. The second-order valence-corrected chi connectivity index (χ2v) is 12.8. The molecule has 0 saturated carbocycles. The molecule has 0 aliphatic carbocycles. The predicted molar refractivity (Wildman–Crippen MR) is 173 cm³/mol. The molecule has 0 heterocycles. The van der Waals surface area contributed by atoms with Gasteiger partial charge in [0.1, 0.15) is 11.8 Å². The van der Waals surface area contributed by atoms with E-state index in [2.05, 4.69) is 5.32 Å². The normalized spacial score (nSPS) is 12.7. The van der Waals surface area contributed by atoms with Crippen LogP contribution >= 0.6 is 0 Å². The van der Waals surface area contributed by atoms with Crippen molar-refractivity contribution in [2.45, 2.75) is 72.0 Å². The molecule has 1 N–H and O–H groups in total. The fourth-order valence-electron chi connectivity index (χ4n) is 4.88. The van der Waals surface area contributed by atoms with Gasteiger partial charge in [0.05, 0.1) is 18.6 Å². The molecular formula is C34H45N3O5S. The van der Waals surface area contributed by atoms with Crippen LogP contribution in [0, 0.1) is 6.92 Å². The summed E-state index contributed by atoms with van der Waals surface area (Å²) in [6.45, 7) is 8.73. The first-order valence-corrected chi connectivity index (χ1v) is 16.8. The fraction of sp³-hybridized carbons (Fsp3) is 0.412. The van der Waals surface area contributed by atoms with E-state index in [4.69, 9.17) is 4.74 Å². The number of hydrogen-bond donors (Lipinski definition) is 1. The quantitative estimate of drug-likeness (QED) is 0.232. The van der Waals surface area contributed by atoms with Gasteiger partial charge in [0.25, 0.3) is 0 Å². The molecule has 0 bridgehead atoms. The molecule has 0 spiro atoms. The maximum atomic E-state index is 14.0. The number of ether oxygens (including phenoxy) is 1. The van der Waals surface area contributed by atoms with E-state index in [1.54, 1.807) is 29.2 Å². The third kappa shape index (κ3) is 10.4. The standard InChI is InChI=1S/C34H45N3O5S/c1-6-27(4)35-34(39)32(24-28-14-9-8-10-15-28)36(25-29-16-11-13-26(3)23-29)33(38)17-12-22-37(43(5,40)41)30-18-20-31(21-19-30)42-7-2/h8-11,13-16,18-21,23,27,32H,6-7,12,17,22,24-25H2,1-5H3,(H,35,39)/t27-,32-/m1/s1. The zero-order chi connectivity index (χ0) is 31.4. The van der Waals surface area contributed by atoms with Gasteiger partial charge < -0.3 is 15.0 Å². The molecule has 232 valence electrons. The number of carbonyl (C=O) groups is 2. The Hall–Kier alpha value is -3.85. The van der Waals surface area contributed by atoms with E-state index >= 15 is 0 Å². The van der Waals surface area contributed by atoms with Gasteiger partial charge in [-0.2, -0.15) is 0 Å². The molecule has 0 saturated heterocycles. The first-order chi connectivity index (χ1) is 20.5. The van der Waals surface area contributed by atoms with Crippen LogP contribution in [0.3, 0.4) is 0 Å². The Labute approximate surface area is 257 Å². The molecule has 0 aromatic heterocycles. The van der Waals surface area contributed by atoms with Gasteiger partial charge in [0, 0.05) is 32.0 Å². The highest BCUT2D eigenvalue weighted by Gasteiger charge is 2.31. The summed E-state index contributed by atoms with van der Waals surface area (Å²) in [4.78, 5) is 29.3. The van der Waals surface area contributed by atoms with Crippen molar-refractivity contribution < 1.29 is 22.7 Å². The van der Waals surface area contributed by atoms with E-state index in [1.807, 2.05) is 82.3 Å². The number of amides is 2. The number of aryl methyl sites for hydroxylation is 1. The Bertz CT molecular complexity index is 1430. The molecule has 2 atom stereocenters. The summed E-state index contributed by atoms with van der Waals surface area (Å²) in [5.41, 5.74) is 3.44. The molecule has 8 nitrogen and oxygen atoms in total. The Balaban J connectivity index is 1.87. The molecule has 0 unspecified atom stereocenters. The zero-order valence-corrected chi connectivity index (χ0v) is 26.8. The second-order valence-electron chi connectivity index (χ2n) is 10.9. The highest BCUT2D eigenvalue weighted by molar-refractivity contribution is 7.92. The van der Waals surface area contributed by atoms with Crippen LogP contribution < -0.4 is 14.4 Å². The zero-order valence-electron chi connectivity index (χ0n) is 26.0. The van der Waals surface area contributed by atoms with Gasteiger partial charge in [-0.15, -0.1) is 0 Å². The van der Waals surface area contributed by atoms with Crippen molar-refractivity contribution in [3.8, 4) is 5.75 Å². The average Bonchev–Trinajstić information content (AvgIpc) is 2.97. The fourth-order valence-corrected chi connectivity index (χ4v) is 5.85. The van der Waals surface area contributed by atoms with Crippen molar-refractivity contribution in [2.24, 2.45) is 0 Å². The van der Waals surface area contributed by atoms with E-state index in [-0.39, 0.29) is 43.8 Å². The van der Waals surface area contributed by atoms with Gasteiger partial charge in [-0.25, -0.2) is 8.42 Å². The van der Waals surface area contributed by atoms with Crippen LogP contribution in [0.2, 0.25) is 0 Å². The molecule has 0 aliphatic rings. The predicted octanol–water partition coefficient (Wildman–Crippen LogP) is 5.49. The summed E-state index contributed by atoms with van der Waals surface area (Å²) in [5.74, 6) is 0.245. The van der Waals surface area contributed by atoms with Crippen LogP contribution in [0.5, 0.6) is 5.75 Å². The number of anilines is 1. The molecule has 3 aromatic rings. The minimum Gasteiger partial charge on any atom is -0.494 e. The van der Waals surface area contributed by atoms with Crippen molar-refractivity contribution in [3.05, 3.63) is 95.6 Å². The largest absolute Gasteiger partial charge is 0.494 e.